The van der Waals surface area contributed by atoms with Gasteiger partial charge in [-0.25, -0.2) is 4.98 Å². The van der Waals surface area contributed by atoms with Gasteiger partial charge in [-0.2, -0.15) is 0 Å². The molecule has 0 amide bonds. The third kappa shape index (κ3) is 5.92. The predicted molar refractivity (Wildman–Crippen MR) is 95.7 cm³/mol. The summed E-state index contributed by atoms with van der Waals surface area (Å²) in [6.45, 7) is 10.8. The molecule has 24 heavy (non-hydrogen) atoms. The van der Waals surface area contributed by atoms with Gasteiger partial charge in [-0.15, -0.1) is 0 Å². The van der Waals surface area contributed by atoms with Gasteiger partial charge in [0.25, 0.3) is 0 Å². The Labute approximate surface area is 144 Å². The van der Waals surface area contributed by atoms with Crippen LogP contribution in [0.4, 0.5) is 0 Å². The van der Waals surface area contributed by atoms with E-state index in [4.69, 9.17) is 9.05 Å². The molecule has 0 spiro atoms. The van der Waals surface area contributed by atoms with Gasteiger partial charge in [-0.3, -0.25) is 9.46 Å². The third-order valence-corrected chi connectivity index (χ3v) is 5.75. The van der Waals surface area contributed by atoms with Crippen LogP contribution in [-0.2, 0) is 20.2 Å². The molecule has 2 rings (SSSR count). The summed E-state index contributed by atoms with van der Waals surface area (Å²) in [5, 5.41) is 6.81. The maximum absolute atomic E-state index is 12.9. The zero-order valence-electron chi connectivity index (χ0n) is 14.7. The highest BCUT2D eigenvalue weighted by molar-refractivity contribution is 7.61. The number of hydrogen-bond acceptors (Lipinski definition) is 7. The molecule has 0 aromatic carbocycles. The minimum absolute atomic E-state index is 0.326. The lowest BCUT2D eigenvalue weighted by Gasteiger charge is -2.22. The van der Waals surface area contributed by atoms with Crippen molar-refractivity contribution < 1.29 is 13.6 Å². The zero-order chi connectivity index (χ0) is 17.3. The van der Waals surface area contributed by atoms with Crippen LogP contribution >= 0.6 is 7.60 Å². The molecule has 1 aliphatic heterocycles. The summed E-state index contributed by atoms with van der Waals surface area (Å²) in [6.07, 6.45) is 0. The van der Waals surface area contributed by atoms with Gasteiger partial charge in [0.1, 0.15) is 0 Å². The van der Waals surface area contributed by atoms with E-state index in [2.05, 4.69) is 20.5 Å². The van der Waals surface area contributed by atoms with Gasteiger partial charge in [0, 0.05) is 45.8 Å². The molecule has 0 aliphatic carbocycles. The van der Waals surface area contributed by atoms with Crippen molar-refractivity contribution in [2.45, 2.75) is 20.4 Å². The van der Waals surface area contributed by atoms with Crippen LogP contribution in [0.2, 0.25) is 0 Å². The summed E-state index contributed by atoms with van der Waals surface area (Å²) >= 11 is 0. The van der Waals surface area contributed by atoms with E-state index < -0.39 is 7.60 Å². The molecule has 0 radical (unpaired) electrons. The summed E-state index contributed by atoms with van der Waals surface area (Å²) in [7, 11) is -3.33. The molecule has 136 valence electrons. The second-order valence-corrected chi connectivity index (χ2v) is 7.57. The van der Waals surface area contributed by atoms with Crippen LogP contribution in [0.1, 0.15) is 19.5 Å². The summed E-state index contributed by atoms with van der Waals surface area (Å²) in [6, 6.07) is 5.55. The number of rotatable bonds is 7. The van der Waals surface area contributed by atoms with Gasteiger partial charge in [0.2, 0.25) is 0 Å². The standard InChI is InChI=1S/C16H29N4O3P/c1-3-22-24(21,23-4-2)16-7-5-6-15(19-16)14-20-12-10-17-8-9-18-11-13-20/h5-7,17-18H,3-4,8-14H2,1-2H3. The van der Waals surface area contributed by atoms with Crippen molar-refractivity contribution in [3.8, 4) is 0 Å². The smallest absolute Gasteiger partial charge is 0.314 e. The molecule has 1 fully saturated rings. The first-order valence-electron chi connectivity index (χ1n) is 8.67. The maximum atomic E-state index is 12.9. The second kappa shape index (κ2) is 10.2. The van der Waals surface area contributed by atoms with Crippen LogP contribution in [0.5, 0.6) is 0 Å². The molecular formula is C16H29N4O3P. The second-order valence-electron chi connectivity index (χ2n) is 5.60. The Hall–Kier alpha value is -0.820. The fraction of sp³-hybridized carbons (Fsp3) is 0.688. The molecular weight excluding hydrogens is 327 g/mol. The van der Waals surface area contributed by atoms with Crippen molar-refractivity contribution in [2.75, 3.05) is 52.5 Å². The number of nitrogens with zero attached hydrogens (tertiary/aromatic N) is 2. The monoisotopic (exact) mass is 356 g/mol. The fourth-order valence-electron chi connectivity index (χ4n) is 2.62. The van der Waals surface area contributed by atoms with Gasteiger partial charge in [0.15, 0.2) is 5.44 Å². The average molecular weight is 356 g/mol. The Bertz CT molecular complexity index is 524. The molecule has 2 heterocycles. The van der Waals surface area contributed by atoms with E-state index in [9.17, 15) is 4.57 Å². The van der Waals surface area contributed by atoms with Crippen LogP contribution in [-0.4, -0.2) is 62.4 Å². The lowest BCUT2D eigenvalue weighted by molar-refractivity contribution is 0.229. The normalized spacial score (nSPS) is 17.9. The van der Waals surface area contributed by atoms with Crippen molar-refractivity contribution >= 4 is 13.0 Å². The van der Waals surface area contributed by atoms with Gasteiger partial charge in [-0.05, 0) is 26.0 Å². The Kier molecular flexibility index (Phi) is 8.32. The van der Waals surface area contributed by atoms with Gasteiger partial charge >= 0.3 is 7.60 Å². The van der Waals surface area contributed by atoms with E-state index in [1.807, 2.05) is 12.1 Å². The quantitative estimate of drug-likeness (QED) is 0.705. The van der Waals surface area contributed by atoms with E-state index in [1.54, 1.807) is 19.9 Å². The largest absolute Gasteiger partial charge is 0.379 e. The van der Waals surface area contributed by atoms with Crippen LogP contribution < -0.4 is 16.1 Å². The molecule has 2 N–H and O–H groups in total. The van der Waals surface area contributed by atoms with Crippen molar-refractivity contribution in [3.05, 3.63) is 23.9 Å². The highest BCUT2D eigenvalue weighted by atomic mass is 31.2. The Balaban J connectivity index is 2.09. The van der Waals surface area contributed by atoms with Crippen molar-refractivity contribution in [3.63, 3.8) is 0 Å². The minimum Gasteiger partial charge on any atom is -0.314 e. The topological polar surface area (TPSA) is 75.7 Å². The van der Waals surface area contributed by atoms with E-state index in [1.165, 1.54) is 0 Å². The number of hydrogen-bond donors (Lipinski definition) is 2. The first kappa shape index (κ1) is 19.5. The van der Waals surface area contributed by atoms with Gasteiger partial charge in [0.05, 0.1) is 18.9 Å². The van der Waals surface area contributed by atoms with Crippen LogP contribution in [0.3, 0.4) is 0 Å². The highest BCUT2D eigenvalue weighted by Crippen LogP contribution is 2.46. The molecule has 0 atom stereocenters. The lowest BCUT2D eigenvalue weighted by atomic mass is 10.3. The number of pyridine rings is 1. The molecule has 1 aromatic heterocycles. The SMILES string of the molecule is CCOP(=O)(OCC)c1cccc(CN2CCNCCNCC2)n1. The van der Waals surface area contributed by atoms with Crippen LogP contribution in [0.15, 0.2) is 18.2 Å². The van der Waals surface area contributed by atoms with E-state index >= 15 is 0 Å². The third-order valence-electron chi connectivity index (χ3n) is 3.74. The first-order chi connectivity index (χ1) is 11.7. The van der Waals surface area contributed by atoms with Crippen molar-refractivity contribution in [2.24, 2.45) is 0 Å². The molecule has 1 aromatic rings. The maximum Gasteiger partial charge on any atom is 0.379 e. The summed E-state index contributed by atoms with van der Waals surface area (Å²) in [5.41, 5.74) is 1.27. The Morgan fingerprint density at radius 3 is 2.29 bits per heavy atom. The first-order valence-corrected chi connectivity index (χ1v) is 10.2. The van der Waals surface area contributed by atoms with E-state index in [0.29, 0.717) is 18.6 Å². The number of aromatic nitrogens is 1. The number of nitrogens with one attached hydrogen (secondary N) is 2. The van der Waals surface area contributed by atoms with Crippen LogP contribution in [0, 0.1) is 0 Å². The van der Waals surface area contributed by atoms with E-state index in [-0.39, 0.29) is 0 Å². The average Bonchev–Trinajstić information content (AvgIpc) is 2.70. The van der Waals surface area contributed by atoms with Gasteiger partial charge < -0.3 is 19.7 Å². The summed E-state index contributed by atoms with van der Waals surface area (Å²) in [5.74, 6) is 0. The van der Waals surface area contributed by atoms with Crippen molar-refractivity contribution in [1.82, 2.24) is 20.5 Å². The van der Waals surface area contributed by atoms with Crippen molar-refractivity contribution in [1.29, 1.82) is 0 Å². The summed E-state index contributed by atoms with van der Waals surface area (Å²) < 4.78 is 23.6. The molecule has 1 saturated heterocycles. The Morgan fingerprint density at radius 1 is 1.08 bits per heavy atom. The fourth-order valence-corrected chi connectivity index (χ4v) is 4.16. The van der Waals surface area contributed by atoms with Crippen LogP contribution in [0.25, 0.3) is 0 Å². The molecule has 0 bridgehead atoms. The Morgan fingerprint density at radius 2 is 1.71 bits per heavy atom. The molecule has 0 unspecified atom stereocenters. The highest BCUT2D eigenvalue weighted by Gasteiger charge is 2.28. The summed E-state index contributed by atoms with van der Waals surface area (Å²) in [4.78, 5) is 6.90. The lowest BCUT2D eigenvalue weighted by Crippen LogP contribution is -2.34. The minimum atomic E-state index is -3.33. The zero-order valence-corrected chi connectivity index (χ0v) is 15.6. The molecule has 0 saturated carbocycles. The van der Waals surface area contributed by atoms with Gasteiger partial charge in [-0.1, -0.05) is 6.07 Å². The predicted octanol–water partition coefficient (Wildman–Crippen LogP) is 0.968. The van der Waals surface area contributed by atoms with E-state index in [0.717, 1.165) is 51.5 Å². The molecule has 1 aliphatic rings. The molecule has 8 heteroatoms. The molecule has 7 nitrogen and oxygen atoms in total.